The average Bonchev–Trinajstić information content (AvgIpc) is 2.81. The molecule has 2 heterocycles. The molecule has 1 aromatic rings. The van der Waals surface area contributed by atoms with E-state index in [1.807, 2.05) is 0 Å². The first kappa shape index (κ1) is 16.3. The standard InChI is InChI=1S/C13H16F3N3O3/c1-9-6-11(13(14,15)16)17-19(9)7-12(21)18-4-2-10(3-5-18)22-8-20/h6,8,10H,2-5,7H2,1H3. The van der Waals surface area contributed by atoms with Gasteiger partial charge in [-0.3, -0.25) is 14.3 Å². The van der Waals surface area contributed by atoms with Gasteiger partial charge in [0, 0.05) is 31.6 Å². The lowest BCUT2D eigenvalue weighted by Gasteiger charge is -2.31. The molecule has 1 amide bonds. The number of carbonyl (C=O) groups is 2. The second-order valence-electron chi connectivity index (χ2n) is 5.14. The molecule has 9 heteroatoms. The zero-order valence-corrected chi connectivity index (χ0v) is 12.0. The Balaban J connectivity index is 1.95. The fraction of sp³-hybridized carbons (Fsp3) is 0.615. The Hall–Kier alpha value is -2.06. The summed E-state index contributed by atoms with van der Waals surface area (Å²) < 4.78 is 43.6. The minimum atomic E-state index is -4.52. The lowest BCUT2D eigenvalue weighted by Crippen LogP contribution is -2.42. The van der Waals surface area contributed by atoms with Crippen molar-refractivity contribution in [2.24, 2.45) is 0 Å². The summed E-state index contributed by atoms with van der Waals surface area (Å²) in [5.41, 5.74) is -0.726. The van der Waals surface area contributed by atoms with E-state index in [9.17, 15) is 22.8 Å². The summed E-state index contributed by atoms with van der Waals surface area (Å²) in [5.74, 6) is -0.301. The van der Waals surface area contributed by atoms with Crippen molar-refractivity contribution in [1.29, 1.82) is 0 Å². The van der Waals surface area contributed by atoms with E-state index in [1.165, 1.54) is 6.92 Å². The smallest absolute Gasteiger partial charge is 0.435 e. The van der Waals surface area contributed by atoms with Crippen LogP contribution in [-0.2, 0) is 27.0 Å². The van der Waals surface area contributed by atoms with Crippen molar-refractivity contribution >= 4 is 12.4 Å². The first-order valence-electron chi connectivity index (χ1n) is 6.80. The largest absolute Gasteiger partial charge is 0.464 e. The van der Waals surface area contributed by atoms with E-state index in [2.05, 4.69) is 5.10 Å². The second-order valence-corrected chi connectivity index (χ2v) is 5.14. The first-order chi connectivity index (χ1) is 10.3. The molecule has 0 aliphatic carbocycles. The van der Waals surface area contributed by atoms with E-state index in [0.717, 1.165) is 10.7 Å². The summed E-state index contributed by atoms with van der Waals surface area (Å²) in [4.78, 5) is 23.9. The zero-order chi connectivity index (χ0) is 16.3. The molecule has 1 saturated heterocycles. The van der Waals surface area contributed by atoms with E-state index < -0.39 is 11.9 Å². The van der Waals surface area contributed by atoms with Gasteiger partial charge in [-0.05, 0) is 13.0 Å². The molecule has 122 valence electrons. The molecule has 1 fully saturated rings. The van der Waals surface area contributed by atoms with Crippen LogP contribution in [0.25, 0.3) is 0 Å². The van der Waals surface area contributed by atoms with Gasteiger partial charge in [-0.15, -0.1) is 0 Å². The van der Waals surface area contributed by atoms with Gasteiger partial charge < -0.3 is 9.64 Å². The maximum absolute atomic E-state index is 12.6. The molecular formula is C13H16F3N3O3. The van der Waals surface area contributed by atoms with Crippen molar-refractivity contribution in [3.8, 4) is 0 Å². The Morgan fingerprint density at radius 3 is 2.59 bits per heavy atom. The second kappa shape index (κ2) is 6.37. The minimum Gasteiger partial charge on any atom is -0.464 e. The highest BCUT2D eigenvalue weighted by atomic mass is 19.4. The van der Waals surface area contributed by atoms with Gasteiger partial charge in [0.25, 0.3) is 6.47 Å². The fourth-order valence-corrected chi connectivity index (χ4v) is 2.36. The summed E-state index contributed by atoms with van der Waals surface area (Å²) in [7, 11) is 0. The zero-order valence-electron chi connectivity index (χ0n) is 12.0. The molecular weight excluding hydrogens is 303 g/mol. The first-order valence-corrected chi connectivity index (χ1v) is 6.80. The van der Waals surface area contributed by atoms with E-state index >= 15 is 0 Å². The molecule has 6 nitrogen and oxygen atoms in total. The molecule has 0 spiro atoms. The Kier molecular flexibility index (Phi) is 4.72. The van der Waals surface area contributed by atoms with Crippen LogP contribution in [0, 0.1) is 6.92 Å². The highest BCUT2D eigenvalue weighted by molar-refractivity contribution is 5.76. The van der Waals surface area contributed by atoms with Crippen molar-refractivity contribution in [3.63, 3.8) is 0 Å². The molecule has 1 aliphatic heterocycles. The summed E-state index contributed by atoms with van der Waals surface area (Å²) >= 11 is 0. The fourth-order valence-electron chi connectivity index (χ4n) is 2.36. The van der Waals surface area contributed by atoms with Crippen LogP contribution in [0.3, 0.4) is 0 Å². The van der Waals surface area contributed by atoms with Gasteiger partial charge in [-0.1, -0.05) is 0 Å². The van der Waals surface area contributed by atoms with Crippen LogP contribution in [0.15, 0.2) is 6.07 Å². The molecule has 0 bridgehead atoms. The van der Waals surface area contributed by atoms with Crippen LogP contribution >= 0.6 is 0 Å². The average molecular weight is 319 g/mol. The van der Waals surface area contributed by atoms with Gasteiger partial charge in [0.05, 0.1) is 0 Å². The van der Waals surface area contributed by atoms with Crippen LogP contribution in [-0.4, -0.2) is 46.3 Å². The van der Waals surface area contributed by atoms with Crippen molar-refractivity contribution < 1.29 is 27.5 Å². The van der Waals surface area contributed by atoms with Gasteiger partial charge in [-0.25, -0.2) is 0 Å². The lowest BCUT2D eigenvalue weighted by atomic mass is 10.1. The summed E-state index contributed by atoms with van der Waals surface area (Å²) in [6.07, 6.45) is -3.68. The highest BCUT2D eigenvalue weighted by Gasteiger charge is 2.34. The van der Waals surface area contributed by atoms with Gasteiger partial charge in [0.15, 0.2) is 5.69 Å². The van der Waals surface area contributed by atoms with Gasteiger partial charge in [0.2, 0.25) is 5.91 Å². The number of aromatic nitrogens is 2. The van der Waals surface area contributed by atoms with Crippen molar-refractivity contribution in [1.82, 2.24) is 14.7 Å². The summed E-state index contributed by atoms with van der Waals surface area (Å²) in [6, 6.07) is 0.914. The van der Waals surface area contributed by atoms with Crippen molar-refractivity contribution in [2.75, 3.05) is 13.1 Å². The Bertz CT molecular complexity index is 548. The number of halogens is 3. The number of hydrogen-bond donors (Lipinski definition) is 0. The number of likely N-dealkylation sites (tertiary alicyclic amines) is 1. The van der Waals surface area contributed by atoms with Gasteiger partial charge in [-0.2, -0.15) is 18.3 Å². The van der Waals surface area contributed by atoms with E-state index in [1.54, 1.807) is 4.90 Å². The number of amides is 1. The number of alkyl halides is 3. The van der Waals surface area contributed by atoms with Crippen LogP contribution in [0.1, 0.15) is 24.2 Å². The third kappa shape index (κ3) is 3.77. The highest BCUT2D eigenvalue weighted by Crippen LogP contribution is 2.28. The number of rotatable bonds is 4. The molecule has 0 aromatic carbocycles. The Morgan fingerprint density at radius 2 is 2.09 bits per heavy atom. The lowest BCUT2D eigenvalue weighted by molar-refractivity contribution is -0.143. The Morgan fingerprint density at radius 1 is 1.45 bits per heavy atom. The number of aryl methyl sites for hydroxylation is 1. The number of piperidine rings is 1. The van der Waals surface area contributed by atoms with E-state index in [-0.39, 0.29) is 24.2 Å². The Labute approximate surface area is 124 Å². The number of hydrogen-bond acceptors (Lipinski definition) is 4. The minimum absolute atomic E-state index is 0.204. The maximum Gasteiger partial charge on any atom is 0.435 e. The quantitative estimate of drug-likeness (QED) is 0.787. The third-order valence-corrected chi connectivity index (χ3v) is 3.60. The maximum atomic E-state index is 12.6. The molecule has 0 atom stereocenters. The van der Waals surface area contributed by atoms with Crippen molar-refractivity contribution in [2.45, 2.75) is 38.6 Å². The molecule has 22 heavy (non-hydrogen) atoms. The monoisotopic (exact) mass is 319 g/mol. The molecule has 0 N–H and O–H groups in total. The summed E-state index contributed by atoms with van der Waals surface area (Å²) in [6.45, 7) is 2.43. The van der Waals surface area contributed by atoms with Crippen molar-refractivity contribution in [3.05, 3.63) is 17.5 Å². The molecule has 0 saturated carbocycles. The molecule has 0 radical (unpaired) electrons. The van der Waals surface area contributed by atoms with E-state index in [4.69, 9.17) is 4.74 Å². The molecule has 1 aromatic heterocycles. The predicted octanol–water partition coefficient (Wildman–Crippen LogP) is 1.37. The normalized spacial score (nSPS) is 16.6. The molecule has 2 rings (SSSR count). The van der Waals surface area contributed by atoms with Crippen LogP contribution in [0.2, 0.25) is 0 Å². The van der Waals surface area contributed by atoms with E-state index in [0.29, 0.717) is 32.4 Å². The van der Waals surface area contributed by atoms with Crippen LogP contribution in [0.5, 0.6) is 0 Å². The van der Waals surface area contributed by atoms with Gasteiger partial charge in [0.1, 0.15) is 12.6 Å². The topological polar surface area (TPSA) is 64.4 Å². The predicted molar refractivity (Wildman–Crippen MR) is 68.7 cm³/mol. The molecule has 1 aliphatic rings. The van der Waals surface area contributed by atoms with Crippen LogP contribution in [0.4, 0.5) is 13.2 Å². The SMILES string of the molecule is Cc1cc(C(F)(F)F)nn1CC(=O)N1CCC(OC=O)CC1. The third-order valence-electron chi connectivity index (χ3n) is 3.60. The van der Waals surface area contributed by atoms with Crippen LogP contribution < -0.4 is 0 Å². The summed E-state index contributed by atoms with van der Waals surface area (Å²) in [5, 5.41) is 3.43. The number of nitrogens with zero attached hydrogens (tertiary/aromatic N) is 3. The number of ether oxygens (including phenoxy) is 1. The molecule has 0 unspecified atom stereocenters. The van der Waals surface area contributed by atoms with Gasteiger partial charge >= 0.3 is 6.18 Å². The number of carbonyl (C=O) groups excluding carboxylic acids is 2.